The van der Waals surface area contributed by atoms with Crippen LogP contribution in [-0.4, -0.2) is 11.5 Å². The molecule has 0 amide bonds. The second-order valence-corrected chi connectivity index (χ2v) is 5.05. The minimum Gasteiger partial charge on any atom is -0.455 e. The molecule has 0 atom stereocenters. The van der Waals surface area contributed by atoms with E-state index >= 15 is 0 Å². The molecule has 2 aromatic rings. The Morgan fingerprint density at radius 2 is 2.05 bits per heavy atom. The van der Waals surface area contributed by atoms with Gasteiger partial charge in [-0.2, -0.15) is 0 Å². The number of benzene rings is 1. The lowest BCUT2D eigenvalue weighted by molar-refractivity contribution is 0.472. The minimum atomic E-state index is 0.585. The molecule has 2 rings (SSSR count). The maximum atomic E-state index is 6.22. The van der Waals surface area contributed by atoms with Crippen LogP contribution in [-0.2, 0) is 12.8 Å². The number of rotatable bonds is 5. The van der Waals surface area contributed by atoms with E-state index < -0.39 is 0 Å². The van der Waals surface area contributed by atoms with Crippen molar-refractivity contribution < 1.29 is 4.74 Å². The molecule has 1 aromatic carbocycles. The summed E-state index contributed by atoms with van der Waals surface area (Å²) in [6.45, 7) is 4.62. The van der Waals surface area contributed by atoms with Crippen molar-refractivity contribution >= 4 is 11.6 Å². The van der Waals surface area contributed by atoms with E-state index in [9.17, 15) is 0 Å². The van der Waals surface area contributed by atoms with Gasteiger partial charge in [-0.15, -0.1) is 0 Å². The molecule has 0 aliphatic rings. The van der Waals surface area contributed by atoms with Gasteiger partial charge in [-0.1, -0.05) is 24.6 Å². The van der Waals surface area contributed by atoms with Crippen LogP contribution >= 0.6 is 11.6 Å². The van der Waals surface area contributed by atoms with Gasteiger partial charge in [-0.05, 0) is 56.1 Å². The molecule has 106 valence electrons. The molecule has 0 spiro atoms. The van der Waals surface area contributed by atoms with Gasteiger partial charge < -0.3 is 10.5 Å². The summed E-state index contributed by atoms with van der Waals surface area (Å²) in [7, 11) is 0. The molecular weight excluding hydrogens is 272 g/mol. The van der Waals surface area contributed by atoms with Crippen molar-refractivity contribution in [3.63, 3.8) is 0 Å². The predicted octanol–water partition coefficient (Wildman–Crippen LogP) is 3.90. The molecule has 20 heavy (non-hydrogen) atoms. The third-order valence-electron chi connectivity index (χ3n) is 3.07. The minimum absolute atomic E-state index is 0.585. The normalized spacial score (nSPS) is 10.6. The number of aryl methyl sites for hydroxylation is 2. The van der Waals surface area contributed by atoms with Crippen LogP contribution in [0.3, 0.4) is 0 Å². The van der Waals surface area contributed by atoms with Gasteiger partial charge in [-0.25, -0.2) is 0 Å². The van der Waals surface area contributed by atoms with E-state index in [-0.39, 0.29) is 0 Å². The third kappa shape index (κ3) is 3.50. The first-order chi connectivity index (χ1) is 9.63. The smallest absolute Gasteiger partial charge is 0.148 e. The van der Waals surface area contributed by atoms with Gasteiger partial charge >= 0.3 is 0 Å². The van der Waals surface area contributed by atoms with Crippen molar-refractivity contribution in [2.45, 2.75) is 26.7 Å². The number of nitrogens with two attached hydrogens (primary N) is 1. The van der Waals surface area contributed by atoms with Gasteiger partial charge in [0.1, 0.15) is 11.5 Å². The Bertz CT molecular complexity index is 599. The third-order valence-corrected chi connectivity index (χ3v) is 3.42. The summed E-state index contributed by atoms with van der Waals surface area (Å²) in [6, 6.07) is 9.58. The van der Waals surface area contributed by atoms with E-state index in [0.29, 0.717) is 11.6 Å². The monoisotopic (exact) mass is 290 g/mol. The average molecular weight is 291 g/mol. The van der Waals surface area contributed by atoms with Crippen LogP contribution in [0, 0.1) is 6.92 Å². The summed E-state index contributed by atoms with van der Waals surface area (Å²) in [5.41, 5.74) is 8.53. The highest BCUT2D eigenvalue weighted by Gasteiger charge is 2.07. The Kier molecular flexibility index (Phi) is 4.99. The highest BCUT2D eigenvalue weighted by atomic mass is 35.5. The van der Waals surface area contributed by atoms with Crippen molar-refractivity contribution in [2.24, 2.45) is 5.73 Å². The standard InChI is InChI=1S/C16H19ClN2O/c1-3-15-16(7-4-11(2)19-15)20-13-6-5-12(8-9-18)14(17)10-13/h4-7,10H,3,8-9,18H2,1-2H3. The van der Waals surface area contributed by atoms with Gasteiger partial charge in [-0.3, -0.25) is 4.98 Å². The second kappa shape index (κ2) is 6.73. The van der Waals surface area contributed by atoms with E-state index in [1.54, 1.807) is 0 Å². The Hall–Kier alpha value is -1.58. The molecule has 3 nitrogen and oxygen atoms in total. The predicted molar refractivity (Wildman–Crippen MR) is 82.6 cm³/mol. The fourth-order valence-corrected chi connectivity index (χ4v) is 2.29. The molecule has 0 saturated heterocycles. The quantitative estimate of drug-likeness (QED) is 0.908. The molecule has 0 aliphatic heterocycles. The second-order valence-electron chi connectivity index (χ2n) is 4.64. The van der Waals surface area contributed by atoms with Crippen molar-refractivity contribution in [1.82, 2.24) is 4.98 Å². The number of hydrogen-bond acceptors (Lipinski definition) is 3. The molecule has 0 saturated carbocycles. The number of nitrogens with zero attached hydrogens (tertiary/aromatic N) is 1. The van der Waals surface area contributed by atoms with Crippen molar-refractivity contribution in [1.29, 1.82) is 0 Å². The van der Waals surface area contributed by atoms with Gasteiger partial charge in [0, 0.05) is 10.7 Å². The lowest BCUT2D eigenvalue weighted by Crippen LogP contribution is -2.03. The van der Waals surface area contributed by atoms with Gasteiger partial charge in [0.05, 0.1) is 5.69 Å². The van der Waals surface area contributed by atoms with Gasteiger partial charge in [0.2, 0.25) is 0 Å². The summed E-state index contributed by atoms with van der Waals surface area (Å²) in [6.07, 6.45) is 1.60. The zero-order valence-corrected chi connectivity index (χ0v) is 12.6. The van der Waals surface area contributed by atoms with E-state index in [2.05, 4.69) is 11.9 Å². The van der Waals surface area contributed by atoms with E-state index in [0.717, 1.165) is 41.3 Å². The van der Waals surface area contributed by atoms with Crippen LogP contribution in [0.5, 0.6) is 11.5 Å². The van der Waals surface area contributed by atoms with Crippen LogP contribution in [0.25, 0.3) is 0 Å². The summed E-state index contributed by atoms with van der Waals surface area (Å²) in [5, 5.41) is 0.686. The van der Waals surface area contributed by atoms with Crippen molar-refractivity contribution in [3.8, 4) is 11.5 Å². The van der Waals surface area contributed by atoms with Gasteiger partial charge in [0.15, 0.2) is 0 Å². The fourth-order valence-electron chi connectivity index (χ4n) is 2.02. The molecule has 0 fully saturated rings. The van der Waals surface area contributed by atoms with Crippen LogP contribution in [0.1, 0.15) is 23.9 Å². The number of pyridine rings is 1. The topological polar surface area (TPSA) is 48.1 Å². The summed E-state index contributed by atoms with van der Waals surface area (Å²) < 4.78 is 5.89. The van der Waals surface area contributed by atoms with Crippen molar-refractivity contribution in [3.05, 3.63) is 52.3 Å². The average Bonchev–Trinajstić information content (AvgIpc) is 2.44. The fraction of sp³-hybridized carbons (Fsp3) is 0.312. The Morgan fingerprint density at radius 1 is 1.25 bits per heavy atom. The SMILES string of the molecule is CCc1nc(C)ccc1Oc1ccc(CCN)c(Cl)c1. The summed E-state index contributed by atoms with van der Waals surface area (Å²) in [4.78, 5) is 4.48. The zero-order chi connectivity index (χ0) is 14.5. The first-order valence-electron chi connectivity index (χ1n) is 6.77. The van der Waals surface area contributed by atoms with Gasteiger partial charge in [0.25, 0.3) is 0 Å². The molecule has 0 radical (unpaired) electrons. The van der Waals surface area contributed by atoms with Crippen LogP contribution in [0.15, 0.2) is 30.3 Å². The van der Waals surface area contributed by atoms with E-state index in [4.69, 9.17) is 22.1 Å². The lowest BCUT2D eigenvalue weighted by atomic mass is 10.1. The zero-order valence-electron chi connectivity index (χ0n) is 11.8. The Morgan fingerprint density at radius 3 is 2.70 bits per heavy atom. The molecule has 0 bridgehead atoms. The molecule has 0 unspecified atom stereocenters. The van der Waals surface area contributed by atoms with E-state index in [1.165, 1.54) is 0 Å². The number of ether oxygens (including phenoxy) is 1. The number of aromatic nitrogens is 1. The molecule has 2 N–H and O–H groups in total. The molecule has 1 aromatic heterocycles. The number of hydrogen-bond donors (Lipinski definition) is 1. The molecule has 0 aliphatic carbocycles. The molecule has 1 heterocycles. The maximum absolute atomic E-state index is 6.22. The molecule has 4 heteroatoms. The first kappa shape index (κ1) is 14.8. The highest BCUT2D eigenvalue weighted by molar-refractivity contribution is 6.31. The maximum Gasteiger partial charge on any atom is 0.148 e. The first-order valence-corrected chi connectivity index (χ1v) is 7.14. The summed E-state index contributed by atoms with van der Waals surface area (Å²) >= 11 is 6.22. The van der Waals surface area contributed by atoms with Crippen LogP contribution in [0.2, 0.25) is 5.02 Å². The number of halogens is 1. The van der Waals surface area contributed by atoms with E-state index in [1.807, 2.05) is 37.3 Å². The lowest BCUT2D eigenvalue weighted by Gasteiger charge is -2.11. The summed E-state index contributed by atoms with van der Waals surface area (Å²) in [5.74, 6) is 1.50. The van der Waals surface area contributed by atoms with Crippen LogP contribution in [0.4, 0.5) is 0 Å². The largest absolute Gasteiger partial charge is 0.455 e. The molecular formula is C16H19ClN2O. The van der Waals surface area contributed by atoms with Crippen molar-refractivity contribution in [2.75, 3.05) is 6.54 Å². The highest BCUT2D eigenvalue weighted by Crippen LogP contribution is 2.28. The Balaban J connectivity index is 2.24. The Labute approximate surface area is 124 Å². The van der Waals surface area contributed by atoms with Crippen LogP contribution < -0.4 is 10.5 Å².